The number of carbonyl (C=O) groups is 1. The molecule has 0 radical (unpaired) electrons. The Hall–Kier alpha value is -3.42. The summed E-state index contributed by atoms with van der Waals surface area (Å²) in [5.74, 6) is 1.31. The molecule has 0 saturated carbocycles. The molecular formula is C25H32N6O2. The van der Waals surface area contributed by atoms with E-state index in [2.05, 4.69) is 47.2 Å². The number of amides is 1. The number of aromatic nitrogens is 4. The van der Waals surface area contributed by atoms with E-state index in [0.29, 0.717) is 5.95 Å². The fourth-order valence-corrected chi connectivity index (χ4v) is 4.03. The lowest BCUT2D eigenvalue weighted by molar-refractivity contribution is 0.0546. The predicted molar refractivity (Wildman–Crippen MR) is 130 cm³/mol. The Bertz CT molecular complexity index is 1170. The van der Waals surface area contributed by atoms with Crippen molar-refractivity contribution in [2.45, 2.75) is 59.6 Å². The summed E-state index contributed by atoms with van der Waals surface area (Å²) in [4.78, 5) is 24.0. The Morgan fingerprint density at radius 3 is 2.48 bits per heavy atom. The molecule has 0 saturated heterocycles. The average Bonchev–Trinajstić information content (AvgIpc) is 3.30. The zero-order valence-electron chi connectivity index (χ0n) is 20.4. The molecule has 1 aliphatic heterocycles. The number of rotatable bonds is 3. The third-order valence-electron chi connectivity index (χ3n) is 5.67. The van der Waals surface area contributed by atoms with Crippen molar-refractivity contribution in [3.05, 3.63) is 48.3 Å². The number of aryl methyl sites for hydroxylation is 1. The number of ether oxygens (including phenoxy) is 1. The van der Waals surface area contributed by atoms with E-state index in [-0.39, 0.29) is 17.6 Å². The van der Waals surface area contributed by atoms with Gasteiger partial charge in [-0.15, -0.1) is 0 Å². The van der Waals surface area contributed by atoms with Crippen LogP contribution < -0.4 is 10.2 Å². The largest absolute Gasteiger partial charge is 0.443 e. The van der Waals surface area contributed by atoms with E-state index in [0.717, 1.165) is 34.7 Å². The minimum atomic E-state index is -0.555. The number of hydrogen-bond acceptors (Lipinski definition) is 6. The van der Waals surface area contributed by atoms with Crippen LogP contribution in [0, 0.1) is 5.41 Å². The summed E-state index contributed by atoms with van der Waals surface area (Å²) in [5.41, 5.74) is 3.13. The molecule has 0 fully saturated rings. The fourth-order valence-electron chi connectivity index (χ4n) is 4.03. The summed E-state index contributed by atoms with van der Waals surface area (Å²) in [6.07, 6.45) is 3.91. The van der Waals surface area contributed by atoms with Crippen LogP contribution in [-0.4, -0.2) is 37.5 Å². The zero-order valence-corrected chi connectivity index (χ0v) is 20.4. The van der Waals surface area contributed by atoms with Gasteiger partial charge in [0.15, 0.2) is 0 Å². The number of benzene rings is 1. The van der Waals surface area contributed by atoms with Crippen LogP contribution in [0.25, 0.3) is 11.3 Å². The highest BCUT2D eigenvalue weighted by molar-refractivity contribution is 5.92. The van der Waals surface area contributed by atoms with Crippen LogP contribution in [0.15, 0.2) is 42.7 Å². The van der Waals surface area contributed by atoms with Gasteiger partial charge in [0.05, 0.1) is 17.6 Å². The van der Waals surface area contributed by atoms with E-state index >= 15 is 0 Å². The van der Waals surface area contributed by atoms with E-state index in [1.807, 2.05) is 57.0 Å². The van der Waals surface area contributed by atoms with E-state index in [4.69, 9.17) is 4.74 Å². The SMILES string of the molecule is Cn1nccc1Nc1nccc(-c2ccc3c(c2)CC(C(C)(C)C)N3C(=O)OC(C)(C)C)n1. The van der Waals surface area contributed by atoms with E-state index in [1.165, 1.54) is 0 Å². The van der Waals surface area contributed by atoms with Gasteiger partial charge in [0.1, 0.15) is 11.4 Å². The molecule has 8 heteroatoms. The lowest BCUT2D eigenvalue weighted by Gasteiger charge is -2.36. The third-order valence-corrected chi connectivity index (χ3v) is 5.67. The van der Waals surface area contributed by atoms with Crippen LogP contribution in [-0.2, 0) is 18.2 Å². The van der Waals surface area contributed by atoms with Crippen molar-refractivity contribution in [2.75, 3.05) is 10.2 Å². The molecule has 1 N–H and O–H groups in total. The van der Waals surface area contributed by atoms with Gasteiger partial charge in [0.2, 0.25) is 5.95 Å². The Morgan fingerprint density at radius 2 is 1.85 bits per heavy atom. The molecule has 2 aromatic heterocycles. The van der Waals surface area contributed by atoms with Crippen LogP contribution >= 0.6 is 0 Å². The van der Waals surface area contributed by atoms with Crippen molar-refractivity contribution in [1.29, 1.82) is 0 Å². The first-order chi connectivity index (χ1) is 15.4. The van der Waals surface area contributed by atoms with Crippen LogP contribution in [0.2, 0.25) is 0 Å². The number of nitrogens with zero attached hydrogens (tertiary/aromatic N) is 5. The highest BCUT2D eigenvalue weighted by atomic mass is 16.6. The molecule has 1 aromatic carbocycles. The van der Waals surface area contributed by atoms with Crippen molar-refractivity contribution in [1.82, 2.24) is 19.7 Å². The lowest BCUT2D eigenvalue weighted by atomic mass is 9.84. The summed E-state index contributed by atoms with van der Waals surface area (Å²) in [7, 11) is 1.86. The molecule has 33 heavy (non-hydrogen) atoms. The van der Waals surface area contributed by atoms with Gasteiger partial charge >= 0.3 is 6.09 Å². The van der Waals surface area contributed by atoms with E-state index < -0.39 is 5.60 Å². The third kappa shape index (κ3) is 4.84. The van der Waals surface area contributed by atoms with Crippen LogP contribution in [0.4, 0.5) is 22.2 Å². The van der Waals surface area contributed by atoms with E-state index in [1.54, 1.807) is 17.1 Å². The molecule has 1 atom stereocenters. The Morgan fingerprint density at radius 1 is 1.09 bits per heavy atom. The lowest BCUT2D eigenvalue weighted by Crippen LogP contribution is -2.47. The number of fused-ring (bicyclic) bond motifs is 1. The summed E-state index contributed by atoms with van der Waals surface area (Å²) >= 11 is 0. The second-order valence-corrected chi connectivity index (χ2v) is 10.5. The summed E-state index contributed by atoms with van der Waals surface area (Å²) < 4.78 is 7.47. The maximum Gasteiger partial charge on any atom is 0.415 e. The number of carbonyl (C=O) groups excluding carboxylic acids is 1. The smallest absolute Gasteiger partial charge is 0.415 e. The number of hydrogen-bond donors (Lipinski definition) is 1. The average molecular weight is 449 g/mol. The molecule has 0 spiro atoms. The van der Waals surface area contributed by atoms with Gasteiger partial charge in [-0.3, -0.25) is 9.58 Å². The minimum Gasteiger partial charge on any atom is -0.443 e. The summed E-state index contributed by atoms with van der Waals surface area (Å²) in [5, 5.41) is 7.35. The Balaban J connectivity index is 1.66. The fraction of sp³-hybridized carbons (Fsp3) is 0.440. The van der Waals surface area contributed by atoms with E-state index in [9.17, 15) is 4.79 Å². The monoisotopic (exact) mass is 448 g/mol. The van der Waals surface area contributed by atoms with Gasteiger partial charge in [-0.25, -0.2) is 14.8 Å². The van der Waals surface area contributed by atoms with Gasteiger partial charge in [-0.2, -0.15) is 5.10 Å². The van der Waals surface area contributed by atoms with Crippen molar-refractivity contribution in [2.24, 2.45) is 12.5 Å². The van der Waals surface area contributed by atoms with Gasteiger partial charge in [-0.05, 0) is 56.4 Å². The standard InChI is InChI=1S/C25H32N6O2/c1-24(2,3)20-15-17-14-16(8-9-19(17)31(20)23(32)33-25(4,5)6)18-10-12-26-22(28-18)29-21-11-13-27-30(21)7/h8-14,20H,15H2,1-7H3,(H,26,28,29). The highest BCUT2D eigenvalue weighted by Crippen LogP contribution is 2.42. The summed E-state index contributed by atoms with van der Waals surface area (Å²) in [6.45, 7) is 12.1. The number of anilines is 3. The van der Waals surface area contributed by atoms with Crippen molar-refractivity contribution >= 4 is 23.5 Å². The molecule has 0 aliphatic carbocycles. The molecule has 174 valence electrons. The van der Waals surface area contributed by atoms with Crippen molar-refractivity contribution in [3.63, 3.8) is 0 Å². The Labute approximate surface area is 195 Å². The molecule has 0 bridgehead atoms. The maximum absolute atomic E-state index is 13.1. The highest BCUT2D eigenvalue weighted by Gasteiger charge is 2.42. The van der Waals surface area contributed by atoms with Crippen molar-refractivity contribution < 1.29 is 9.53 Å². The second kappa shape index (κ2) is 8.17. The molecule has 3 aromatic rings. The van der Waals surface area contributed by atoms with Gasteiger partial charge < -0.3 is 10.1 Å². The van der Waals surface area contributed by atoms with Crippen LogP contribution in [0.5, 0.6) is 0 Å². The second-order valence-electron chi connectivity index (χ2n) is 10.5. The molecule has 1 aliphatic rings. The minimum absolute atomic E-state index is 0.00469. The quantitative estimate of drug-likeness (QED) is 0.583. The zero-order chi connectivity index (χ0) is 24.0. The first kappa shape index (κ1) is 22.8. The Kier molecular flexibility index (Phi) is 5.64. The van der Waals surface area contributed by atoms with Gasteiger partial charge in [-0.1, -0.05) is 26.8 Å². The van der Waals surface area contributed by atoms with Gasteiger partial charge in [0, 0.05) is 30.9 Å². The molecule has 4 rings (SSSR count). The first-order valence-electron chi connectivity index (χ1n) is 11.2. The van der Waals surface area contributed by atoms with Crippen LogP contribution in [0.3, 0.4) is 0 Å². The molecule has 8 nitrogen and oxygen atoms in total. The van der Waals surface area contributed by atoms with Crippen molar-refractivity contribution in [3.8, 4) is 11.3 Å². The van der Waals surface area contributed by atoms with Gasteiger partial charge in [0.25, 0.3) is 0 Å². The maximum atomic E-state index is 13.1. The summed E-state index contributed by atoms with van der Waals surface area (Å²) in [6, 6.07) is 9.87. The first-order valence-corrected chi connectivity index (χ1v) is 11.2. The number of nitrogens with one attached hydrogen (secondary N) is 1. The molecule has 1 unspecified atom stereocenters. The molecule has 1 amide bonds. The normalized spacial score (nSPS) is 16.0. The molecule has 3 heterocycles. The topological polar surface area (TPSA) is 85.2 Å². The predicted octanol–water partition coefficient (Wildman–Crippen LogP) is 5.33. The van der Waals surface area contributed by atoms with Crippen LogP contribution in [0.1, 0.15) is 47.1 Å². The molecular weight excluding hydrogens is 416 g/mol.